The van der Waals surface area contributed by atoms with Crippen molar-refractivity contribution in [2.45, 2.75) is 24.5 Å². The lowest BCUT2D eigenvalue weighted by Crippen LogP contribution is -2.58. The minimum Gasteiger partial charge on any atom is -0.371 e. The maximum absolute atomic E-state index is 12.4. The predicted octanol–water partition coefficient (Wildman–Crippen LogP) is 2.13. The van der Waals surface area contributed by atoms with Gasteiger partial charge < -0.3 is 4.74 Å². The van der Waals surface area contributed by atoms with Crippen LogP contribution in [0, 0.1) is 16.0 Å². The van der Waals surface area contributed by atoms with Crippen molar-refractivity contribution >= 4 is 5.91 Å². The highest BCUT2D eigenvalue weighted by molar-refractivity contribution is 5.77. The molecule has 7 heteroatoms. The number of benzene rings is 1. The monoisotopic (exact) mass is 332 g/mol. The lowest BCUT2D eigenvalue weighted by Gasteiger charge is -2.47. The average Bonchev–Trinajstić information content (AvgIpc) is 2.94. The van der Waals surface area contributed by atoms with Crippen molar-refractivity contribution in [1.82, 2.24) is 5.06 Å². The Labute approximate surface area is 139 Å². The highest BCUT2D eigenvalue weighted by Crippen LogP contribution is 2.51. The number of rotatable bonds is 5. The van der Waals surface area contributed by atoms with Gasteiger partial charge in [0.2, 0.25) is 0 Å². The molecule has 3 atom stereocenters. The van der Waals surface area contributed by atoms with Crippen LogP contribution in [0.2, 0.25) is 0 Å². The molecule has 0 unspecified atom stereocenters. The van der Waals surface area contributed by atoms with Gasteiger partial charge in [0.1, 0.15) is 11.6 Å². The van der Waals surface area contributed by atoms with Crippen molar-refractivity contribution < 1.29 is 19.3 Å². The summed E-state index contributed by atoms with van der Waals surface area (Å²) in [5.41, 5.74) is 0.127. The van der Waals surface area contributed by atoms with E-state index in [0.717, 1.165) is 12.0 Å². The van der Waals surface area contributed by atoms with Crippen LogP contribution in [0.5, 0.6) is 0 Å². The van der Waals surface area contributed by atoms with Crippen molar-refractivity contribution in [3.05, 3.63) is 58.7 Å². The largest absolute Gasteiger partial charge is 0.371 e. The molecule has 3 rings (SSSR count). The summed E-state index contributed by atoms with van der Waals surface area (Å²) in [5.74, 6) is -0.610. The molecule has 0 bridgehead atoms. The SMILES string of the molecule is C=CC[C@]12[C@H](CCO[C@H]1c1ccccc1)CON2C(=O)C[N+](=O)[O-]. The fraction of sp³-hybridized carbons (Fsp3) is 0.471. The van der Waals surface area contributed by atoms with Gasteiger partial charge in [0, 0.05) is 17.4 Å². The maximum atomic E-state index is 12.4. The molecule has 2 saturated heterocycles. The van der Waals surface area contributed by atoms with E-state index in [0.29, 0.717) is 19.6 Å². The number of nitro groups is 1. The number of amides is 1. The Morgan fingerprint density at radius 1 is 1.46 bits per heavy atom. The Morgan fingerprint density at radius 2 is 2.21 bits per heavy atom. The zero-order valence-electron chi connectivity index (χ0n) is 13.3. The first-order valence-corrected chi connectivity index (χ1v) is 7.95. The Balaban J connectivity index is 2.03. The topological polar surface area (TPSA) is 81.9 Å². The van der Waals surface area contributed by atoms with Crippen LogP contribution in [0.15, 0.2) is 43.0 Å². The molecule has 2 heterocycles. The van der Waals surface area contributed by atoms with Crippen LogP contribution in [-0.2, 0) is 14.4 Å². The average molecular weight is 332 g/mol. The van der Waals surface area contributed by atoms with Gasteiger partial charge in [0.15, 0.2) is 0 Å². The zero-order valence-corrected chi connectivity index (χ0v) is 13.3. The van der Waals surface area contributed by atoms with E-state index in [2.05, 4.69) is 6.58 Å². The van der Waals surface area contributed by atoms with Gasteiger partial charge in [-0.05, 0) is 18.4 Å². The highest BCUT2D eigenvalue weighted by Gasteiger charge is 2.59. The maximum Gasteiger partial charge on any atom is 0.318 e. The van der Waals surface area contributed by atoms with Crippen LogP contribution in [-0.4, -0.2) is 41.2 Å². The minimum atomic E-state index is -0.798. The summed E-state index contributed by atoms with van der Waals surface area (Å²) in [5, 5.41) is 12.0. The molecule has 24 heavy (non-hydrogen) atoms. The van der Waals surface area contributed by atoms with Crippen LogP contribution >= 0.6 is 0 Å². The lowest BCUT2D eigenvalue weighted by atomic mass is 9.72. The van der Waals surface area contributed by atoms with E-state index in [4.69, 9.17) is 9.57 Å². The fourth-order valence-corrected chi connectivity index (χ4v) is 3.80. The van der Waals surface area contributed by atoms with Gasteiger partial charge in [-0.3, -0.25) is 19.7 Å². The molecule has 128 valence electrons. The molecule has 7 nitrogen and oxygen atoms in total. The number of hydrogen-bond donors (Lipinski definition) is 0. The number of nitrogens with zero attached hydrogens (tertiary/aromatic N) is 2. The molecule has 0 N–H and O–H groups in total. The molecule has 1 aromatic carbocycles. The molecule has 2 fully saturated rings. The van der Waals surface area contributed by atoms with Crippen LogP contribution in [0.3, 0.4) is 0 Å². The van der Waals surface area contributed by atoms with E-state index in [1.54, 1.807) is 6.08 Å². The zero-order chi connectivity index (χ0) is 17.2. The number of hydroxylamine groups is 2. The summed E-state index contributed by atoms with van der Waals surface area (Å²) >= 11 is 0. The summed E-state index contributed by atoms with van der Waals surface area (Å²) in [6.07, 6.45) is 2.49. The number of ether oxygens (including phenoxy) is 1. The van der Waals surface area contributed by atoms with Crippen LogP contribution in [0.25, 0.3) is 0 Å². The quantitative estimate of drug-likeness (QED) is 0.469. The van der Waals surface area contributed by atoms with E-state index in [1.807, 2.05) is 30.3 Å². The number of fused-ring (bicyclic) bond motifs is 1. The Hall–Kier alpha value is -2.25. The fourth-order valence-electron chi connectivity index (χ4n) is 3.80. The third kappa shape index (κ3) is 2.70. The first-order valence-electron chi connectivity index (χ1n) is 7.95. The number of hydrogen-bond acceptors (Lipinski definition) is 5. The third-order valence-corrected chi connectivity index (χ3v) is 4.76. The number of carbonyl (C=O) groups is 1. The summed E-state index contributed by atoms with van der Waals surface area (Å²) in [4.78, 5) is 28.2. The molecule has 2 aliphatic rings. The normalized spacial score (nSPS) is 29.1. The smallest absolute Gasteiger partial charge is 0.318 e. The minimum absolute atomic E-state index is 0.0464. The molecule has 1 aromatic rings. The molecule has 0 radical (unpaired) electrons. The predicted molar refractivity (Wildman–Crippen MR) is 85.4 cm³/mol. The van der Waals surface area contributed by atoms with Gasteiger partial charge in [-0.2, -0.15) is 0 Å². The second-order valence-corrected chi connectivity index (χ2v) is 6.11. The molecule has 1 amide bonds. The van der Waals surface area contributed by atoms with Crippen molar-refractivity contribution in [1.29, 1.82) is 0 Å². The first kappa shape index (κ1) is 16.6. The molecule has 2 aliphatic heterocycles. The van der Waals surface area contributed by atoms with Gasteiger partial charge in [0.25, 0.3) is 6.54 Å². The first-order chi connectivity index (χ1) is 11.6. The van der Waals surface area contributed by atoms with Crippen molar-refractivity contribution in [2.24, 2.45) is 5.92 Å². The lowest BCUT2D eigenvalue weighted by molar-refractivity contribution is -0.471. The van der Waals surface area contributed by atoms with Crippen LogP contribution in [0.4, 0.5) is 0 Å². The molecular formula is C17H20N2O5. The molecule has 0 spiro atoms. The van der Waals surface area contributed by atoms with E-state index >= 15 is 0 Å². The Bertz CT molecular complexity index is 635. The van der Waals surface area contributed by atoms with Crippen molar-refractivity contribution in [3.63, 3.8) is 0 Å². The van der Waals surface area contributed by atoms with E-state index in [9.17, 15) is 14.9 Å². The molecule has 0 aromatic heterocycles. The second-order valence-electron chi connectivity index (χ2n) is 6.11. The molecule has 0 aliphatic carbocycles. The van der Waals surface area contributed by atoms with Crippen molar-refractivity contribution in [3.8, 4) is 0 Å². The Kier molecular flexibility index (Phi) is 4.64. The van der Waals surface area contributed by atoms with Gasteiger partial charge >= 0.3 is 5.91 Å². The van der Waals surface area contributed by atoms with E-state index < -0.39 is 29.0 Å². The van der Waals surface area contributed by atoms with Crippen molar-refractivity contribution in [2.75, 3.05) is 19.8 Å². The highest BCUT2D eigenvalue weighted by atomic mass is 16.7. The second kappa shape index (κ2) is 6.70. The summed E-state index contributed by atoms with van der Waals surface area (Å²) in [6, 6.07) is 9.59. The van der Waals surface area contributed by atoms with Gasteiger partial charge in [-0.1, -0.05) is 36.4 Å². The molecule has 0 saturated carbocycles. The van der Waals surface area contributed by atoms with Crippen LogP contribution in [0.1, 0.15) is 24.5 Å². The van der Waals surface area contributed by atoms with Gasteiger partial charge in [-0.25, -0.2) is 5.06 Å². The number of carbonyl (C=O) groups excluding carboxylic acids is 1. The van der Waals surface area contributed by atoms with E-state index in [1.165, 1.54) is 5.06 Å². The summed E-state index contributed by atoms with van der Waals surface area (Å²) in [7, 11) is 0. The molecular weight excluding hydrogens is 312 g/mol. The Morgan fingerprint density at radius 3 is 2.88 bits per heavy atom. The third-order valence-electron chi connectivity index (χ3n) is 4.76. The van der Waals surface area contributed by atoms with Crippen LogP contribution < -0.4 is 0 Å². The standard InChI is InChI=1S/C17H20N2O5/c1-2-9-17-14(12-24-19(17)15(20)11-18(21)22)8-10-23-16(17)13-6-4-3-5-7-13/h2-7,14,16H,1,8-12H2/t14-,16+,17+/m1/s1. The van der Waals surface area contributed by atoms with Gasteiger partial charge in [-0.15, -0.1) is 6.58 Å². The summed E-state index contributed by atoms with van der Waals surface area (Å²) < 4.78 is 6.03. The summed E-state index contributed by atoms with van der Waals surface area (Å²) in [6.45, 7) is 3.92. The van der Waals surface area contributed by atoms with E-state index in [-0.39, 0.29) is 5.92 Å². The van der Waals surface area contributed by atoms with Gasteiger partial charge in [0.05, 0.1) is 6.61 Å².